The lowest BCUT2D eigenvalue weighted by Crippen LogP contribution is -2.26. The average Bonchev–Trinajstić information content (AvgIpc) is 3.05. The molecule has 1 aromatic heterocycles. The number of ether oxygens (including phenoxy) is 1. The van der Waals surface area contributed by atoms with E-state index in [1.54, 1.807) is 31.4 Å². The average molecular weight is 328 g/mol. The zero-order valence-corrected chi connectivity index (χ0v) is 13.2. The Hall–Kier alpha value is -2.91. The van der Waals surface area contributed by atoms with E-state index in [1.807, 2.05) is 6.07 Å². The molecule has 124 valence electrons. The molecule has 0 radical (unpaired) electrons. The molecule has 1 amide bonds. The molecule has 0 saturated carbocycles. The van der Waals surface area contributed by atoms with Crippen molar-refractivity contribution >= 4 is 12.0 Å². The maximum atomic E-state index is 12.9. The Morgan fingerprint density at radius 2 is 2.08 bits per heavy atom. The first kappa shape index (κ1) is 17.4. The van der Waals surface area contributed by atoms with Gasteiger partial charge in [-0.05, 0) is 42.8 Å². The second-order valence-electron chi connectivity index (χ2n) is 4.98. The second kappa shape index (κ2) is 8.65. The molecule has 0 aliphatic heterocycles. The van der Waals surface area contributed by atoms with Gasteiger partial charge in [-0.2, -0.15) is 5.26 Å². The van der Waals surface area contributed by atoms with Crippen molar-refractivity contribution in [2.24, 2.45) is 0 Å². The van der Waals surface area contributed by atoms with Gasteiger partial charge in [0.15, 0.2) is 0 Å². The third-order valence-electron chi connectivity index (χ3n) is 3.22. The van der Waals surface area contributed by atoms with Gasteiger partial charge in [0.25, 0.3) is 5.91 Å². The van der Waals surface area contributed by atoms with Crippen LogP contribution >= 0.6 is 0 Å². The fourth-order valence-electron chi connectivity index (χ4n) is 2.00. The summed E-state index contributed by atoms with van der Waals surface area (Å²) in [4.78, 5) is 11.9. The Morgan fingerprint density at radius 1 is 1.33 bits per heavy atom. The van der Waals surface area contributed by atoms with Gasteiger partial charge in [-0.15, -0.1) is 0 Å². The van der Waals surface area contributed by atoms with Crippen LogP contribution in [0.15, 0.2) is 46.4 Å². The Balaban J connectivity index is 2.07. The third-order valence-corrected chi connectivity index (χ3v) is 3.22. The molecule has 24 heavy (non-hydrogen) atoms. The summed E-state index contributed by atoms with van der Waals surface area (Å²) in [5.74, 6) is 0.104. The van der Waals surface area contributed by atoms with E-state index in [1.165, 1.54) is 18.2 Å². The number of halogens is 1. The summed E-state index contributed by atoms with van der Waals surface area (Å²) >= 11 is 0. The molecule has 0 spiro atoms. The predicted molar refractivity (Wildman–Crippen MR) is 87.2 cm³/mol. The van der Waals surface area contributed by atoms with Gasteiger partial charge in [-0.1, -0.05) is 0 Å². The monoisotopic (exact) mass is 328 g/mol. The number of carbonyl (C=O) groups is 1. The molecule has 0 bridgehead atoms. The lowest BCUT2D eigenvalue weighted by Gasteiger charge is -2.03. The lowest BCUT2D eigenvalue weighted by molar-refractivity contribution is -0.117. The third kappa shape index (κ3) is 4.80. The topological polar surface area (TPSA) is 75.3 Å². The van der Waals surface area contributed by atoms with Crippen molar-refractivity contribution in [2.75, 3.05) is 20.3 Å². The maximum Gasteiger partial charge on any atom is 0.262 e. The Morgan fingerprint density at radius 3 is 2.75 bits per heavy atom. The van der Waals surface area contributed by atoms with E-state index in [-0.39, 0.29) is 11.4 Å². The molecule has 1 aromatic carbocycles. The molecule has 1 heterocycles. The van der Waals surface area contributed by atoms with Crippen LogP contribution < -0.4 is 5.32 Å². The summed E-state index contributed by atoms with van der Waals surface area (Å²) in [5.41, 5.74) is 0.658. The quantitative estimate of drug-likeness (QED) is 0.481. The molecule has 2 rings (SSSR count). The SMILES string of the molecule is COCCCNC(=O)/C(C#N)=C/c1ccc(-c2ccc(F)cc2)o1. The van der Waals surface area contributed by atoms with Crippen molar-refractivity contribution in [3.05, 3.63) is 53.5 Å². The highest BCUT2D eigenvalue weighted by molar-refractivity contribution is 6.01. The smallest absolute Gasteiger partial charge is 0.262 e. The number of furan rings is 1. The summed E-state index contributed by atoms with van der Waals surface area (Å²) in [6, 6.07) is 11.1. The van der Waals surface area contributed by atoms with Gasteiger partial charge < -0.3 is 14.5 Å². The van der Waals surface area contributed by atoms with Gasteiger partial charge in [0.05, 0.1) is 0 Å². The summed E-state index contributed by atoms with van der Waals surface area (Å²) in [7, 11) is 1.58. The van der Waals surface area contributed by atoms with Crippen molar-refractivity contribution in [1.29, 1.82) is 5.26 Å². The molecule has 0 saturated heterocycles. The van der Waals surface area contributed by atoms with Crippen molar-refractivity contribution in [1.82, 2.24) is 5.32 Å². The van der Waals surface area contributed by atoms with Crippen molar-refractivity contribution in [2.45, 2.75) is 6.42 Å². The number of nitrogens with zero attached hydrogens (tertiary/aromatic N) is 1. The van der Waals surface area contributed by atoms with Gasteiger partial charge in [-0.3, -0.25) is 4.79 Å². The van der Waals surface area contributed by atoms with E-state index >= 15 is 0 Å². The zero-order valence-electron chi connectivity index (χ0n) is 13.2. The molecule has 5 nitrogen and oxygen atoms in total. The number of amides is 1. The highest BCUT2D eigenvalue weighted by Gasteiger charge is 2.10. The number of methoxy groups -OCH3 is 1. The van der Waals surface area contributed by atoms with Crippen LogP contribution in [-0.2, 0) is 9.53 Å². The van der Waals surface area contributed by atoms with E-state index in [9.17, 15) is 9.18 Å². The predicted octanol–water partition coefficient (Wildman–Crippen LogP) is 3.15. The molecule has 2 aromatic rings. The van der Waals surface area contributed by atoms with Crippen LogP contribution in [0.25, 0.3) is 17.4 Å². The van der Waals surface area contributed by atoms with Crippen molar-refractivity contribution < 1.29 is 18.3 Å². The number of nitrogens with one attached hydrogen (secondary N) is 1. The molecule has 6 heteroatoms. The van der Waals surface area contributed by atoms with Gasteiger partial charge in [0.1, 0.15) is 29.0 Å². The second-order valence-corrected chi connectivity index (χ2v) is 4.98. The van der Waals surface area contributed by atoms with Crippen LogP contribution in [0.5, 0.6) is 0 Å². The molecular weight excluding hydrogens is 311 g/mol. The fourth-order valence-corrected chi connectivity index (χ4v) is 2.00. The minimum Gasteiger partial charge on any atom is -0.457 e. The molecular formula is C18H17FN2O3. The van der Waals surface area contributed by atoms with Crippen LogP contribution in [-0.4, -0.2) is 26.2 Å². The first-order valence-corrected chi connectivity index (χ1v) is 7.38. The van der Waals surface area contributed by atoms with Gasteiger partial charge in [-0.25, -0.2) is 4.39 Å². The van der Waals surface area contributed by atoms with Gasteiger partial charge in [0.2, 0.25) is 0 Å². The highest BCUT2D eigenvalue weighted by atomic mass is 19.1. The van der Waals surface area contributed by atoms with Crippen LogP contribution in [0.2, 0.25) is 0 Å². The number of benzene rings is 1. The number of carbonyl (C=O) groups excluding carboxylic acids is 1. The highest BCUT2D eigenvalue weighted by Crippen LogP contribution is 2.23. The van der Waals surface area contributed by atoms with E-state index in [4.69, 9.17) is 14.4 Å². The molecule has 0 unspecified atom stereocenters. The fraction of sp³-hybridized carbons (Fsp3) is 0.222. The number of nitriles is 1. The van der Waals surface area contributed by atoms with E-state index in [2.05, 4.69) is 5.32 Å². The van der Waals surface area contributed by atoms with Gasteiger partial charge in [0, 0.05) is 31.9 Å². The summed E-state index contributed by atoms with van der Waals surface area (Å²) in [5, 5.41) is 11.8. The standard InChI is InChI=1S/C18H17FN2O3/c1-23-10-2-9-21-18(22)14(12-20)11-16-7-8-17(24-16)13-3-5-15(19)6-4-13/h3-8,11H,2,9-10H2,1H3,(H,21,22)/b14-11+. The molecule has 0 fully saturated rings. The minimum atomic E-state index is -0.465. The largest absolute Gasteiger partial charge is 0.457 e. The summed E-state index contributed by atoms with van der Waals surface area (Å²) in [6.07, 6.45) is 2.04. The summed E-state index contributed by atoms with van der Waals surface area (Å²) in [6.45, 7) is 0.954. The normalized spacial score (nSPS) is 11.1. The maximum absolute atomic E-state index is 12.9. The first-order valence-electron chi connectivity index (χ1n) is 7.38. The Bertz CT molecular complexity index is 757. The minimum absolute atomic E-state index is 0.0487. The zero-order chi connectivity index (χ0) is 17.4. The summed E-state index contributed by atoms with van der Waals surface area (Å²) < 4.78 is 23.4. The van der Waals surface area contributed by atoms with Crippen LogP contribution in [0, 0.1) is 17.1 Å². The van der Waals surface area contributed by atoms with Crippen LogP contribution in [0.1, 0.15) is 12.2 Å². The number of hydrogen-bond acceptors (Lipinski definition) is 4. The molecule has 0 aliphatic carbocycles. The Kier molecular flexibility index (Phi) is 6.29. The van der Waals surface area contributed by atoms with Crippen molar-refractivity contribution in [3.63, 3.8) is 0 Å². The van der Waals surface area contributed by atoms with E-state index in [0.717, 1.165) is 0 Å². The molecule has 1 N–H and O–H groups in total. The molecule has 0 aliphatic rings. The van der Waals surface area contributed by atoms with E-state index < -0.39 is 5.91 Å². The van der Waals surface area contributed by atoms with Crippen molar-refractivity contribution in [3.8, 4) is 17.4 Å². The van der Waals surface area contributed by atoms with Crippen LogP contribution in [0.4, 0.5) is 4.39 Å². The Labute approximate surface area is 139 Å². The van der Waals surface area contributed by atoms with Crippen LogP contribution in [0.3, 0.4) is 0 Å². The number of rotatable bonds is 7. The lowest BCUT2D eigenvalue weighted by atomic mass is 10.2. The number of hydrogen-bond donors (Lipinski definition) is 1. The molecule has 0 atom stereocenters. The van der Waals surface area contributed by atoms with E-state index in [0.29, 0.717) is 36.7 Å². The van der Waals surface area contributed by atoms with Gasteiger partial charge >= 0.3 is 0 Å². The first-order chi connectivity index (χ1) is 11.6.